The van der Waals surface area contributed by atoms with Gasteiger partial charge in [-0.1, -0.05) is 28.1 Å². The Kier molecular flexibility index (Phi) is 9.07. The van der Waals surface area contributed by atoms with Crippen molar-refractivity contribution in [1.82, 2.24) is 5.32 Å². The second-order valence-corrected chi connectivity index (χ2v) is 11.2. The fourth-order valence-electron chi connectivity index (χ4n) is 3.96. The van der Waals surface area contributed by atoms with Crippen LogP contribution in [0.25, 0.3) is 0 Å². The molecule has 1 saturated heterocycles. The summed E-state index contributed by atoms with van der Waals surface area (Å²) in [5.41, 5.74) is 2.41. The van der Waals surface area contributed by atoms with Gasteiger partial charge < -0.3 is 19.7 Å². The molecular weight excluding hydrogens is 558 g/mol. The van der Waals surface area contributed by atoms with Crippen LogP contribution < -0.4 is 19.3 Å². The highest BCUT2D eigenvalue weighted by molar-refractivity contribution is 9.10. The number of carbonyl (C=O) groups excluding carboxylic acids is 1. The average Bonchev–Trinajstić information content (AvgIpc) is 2.92. The largest absolute Gasteiger partial charge is 0.494 e. The van der Waals surface area contributed by atoms with Crippen molar-refractivity contribution in [2.75, 3.05) is 48.7 Å². The number of ether oxygens (including phenoxy) is 2. The lowest BCUT2D eigenvalue weighted by Crippen LogP contribution is -2.40. The van der Waals surface area contributed by atoms with Gasteiger partial charge in [0.05, 0.1) is 30.4 Å². The van der Waals surface area contributed by atoms with E-state index in [1.807, 2.05) is 31.2 Å². The smallest absolute Gasteiger partial charge is 0.264 e. The molecule has 0 saturated carbocycles. The molecular formula is C27H30BrN3O5S. The van der Waals surface area contributed by atoms with E-state index < -0.39 is 15.9 Å². The summed E-state index contributed by atoms with van der Waals surface area (Å²) < 4.78 is 39.8. The number of rotatable bonds is 10. The van der Waals surface area contributed by atoms with Crippen LogP contribution in [0.15, 0.2) is 82.2 Å². The van der Waals surface area contributed by atoms with Crippen molar-refractivity contribution < 1.29 is 22.7 Å². The minimum absolute atomic E-state index is 0.0936. The molecule has 1 heterocycles. The van der Waals surface area contributed by atoms with Gasteiger partial charge in [0.15, 0.2) is 0 Å². The van der Waals surface area contributed by atoms with Gasteiger partial charge in [-0.25, -0.2) is 8.42 Å². The van der Waals surface area contributed by atoms with Gasteiger partial charge in [0.25, 0.3) is 10.0 Å². The molecule has 4 rings (SSSR count). The second kappa shape index (κ2) is 12.4. The molecule has 0 spiro atoms. The predicted molar refractivity (Wildman–Crippen MR) is 148 cm³/mol. The monoisotopic (exact) mass is 587 g/mol. The average molecular weight is 589 g/mol. The standard InChI is InChI=1S/C27H30BrN3O5S/c1-2-36-25-11-9-24(10-12-25)31(37(33,34)26-13-5-22(28)6-14-26)20-27(32)29-19-21-3-7-23(8-4-21)30-15-17-35-18-16-30/h3-14H,2,15-20H2,1H3,(H,29,32). The molecule has 0 bridgehead atoms. The van der Waals surface area contributed by atoms with Crippen molar-refractivity contribution in [2.45, 2.75) is 18.4 Å². The van der Waals surface area contributed by atoms with Crippen molar-refractivity contribution in [1.29, 1.82) is 0 Å². The minimum Gasteiger partial charge on any atom is -0.494 e. The summed E-state index contributed by atoms with van der Waals surface area (Å²) in [5.74, 6) is 0.212. The molecule has 1 aliphatic heterocycles. The van der Waals surface area contributed by atoms with Crippen LogP contribution in [0.1, 0.15) is 12.5 Å². The van der Waals surface area contributed by atoms with Crippen LogP contribution in [0, 0.1) is 0 Å². The second-order valence-electron chi connectivity index (χ2n) is 8.44. The molecule has 10 heteroatoms. The summed E-state index contributed by atoms with van der Waals surface area (Å²) in [6.45, 7) is 5.43. The Morgan fingerprint density at radius 1 is 1.00 bits per heavy atom. The molecule has 0 aliphatic carbocycles. The van der Waals surface area contributed by atoms with Crippen LogP contribution >= 0.6 is 15.9 Å². The number of benzene rings is 3. The van der Waals surface area contributed by atoms with E-state index in [0.717, 1.165) is 33.1 Å². The van der Waals surface area contributed by atoms with E-state index in [-0.39, 0.29) is 18.0 Å². The summed E-state index contributed by atoms with van der Waals surface area (Å²) in [5, 5.41) is 2.85. The van der Waals surface area contributed by atoms with Crippen molar-refractivity contribution >= 4 is 43.2 Å². The molecule has 0 aromatic heterocycles. The molecule has 1 N–H and O–H groups in total. The number of anilines is 2. The molecule has 0 atom stereocenters. The van der Waals surface area contributed by atoms with Gasteiger partial charge >= 0.3 is 0 Å². The highest BCUT2D eigenvalue weighted by Gasteiger charge is 2.27. The first-order valence-corrected chi connectivity index (χ1v) is 14.3. The Hall–Kier alpha value is -3.08. The first kappa shape index (κ1) is 27.0. The van der Waals surface area contributed by atoms with E-state index in [1.165, 1.54) is 12.1 Å². The van der Waals surface area contributed by atoms with Gasteiger partial charge in [-0.3, -0.25) is 9.10 Å². The Morgan fingerprint density at radius 2 is 1.65 bits per heavy atom. The van der Waals surface area contributed by atoms with Gasteiger partial charge in [0, 0.05) is 29.8 Å². The number of hydrogen-bond donors (Lipinski definition) is 1. The fraction of sp³-hybridized carbons (Fsp3) is 0.296. The summed E-state index contributed by atoms with van der Waals surface area (Å²) >= 11 is 3.33. The zero-order valence-electron chi connectivity index (χ0n) is 20.6. The number of morpholine rings is 1. The first-order valence-electron chi connectivity index (χ1n) is 12.1. The Labute approximate surface area is 226 Å². The molecule has 37 heavy (non-hydrogen) atoms. The topological polar surface area (TPSA) is 88.2 Å². The van der Waals surface area contributed by atoms with Crippen LogP contribution in [-0.4, -0.2) is 53.8 Å². The number of hydrogen-bond acceptors (Lipinski definition) is 6. The quantitative estimate of drug-likeness (QED) is 0.382. The highest BCUT2D eigenvalue weighted by Crippen LogP contribution is 2.27. The van der Waals surface area contributed by atoms with Gasteiger partial charge in [0.1, 0.15) is 12.3 Å². The third-order valence-electron chi connectivity index (χ3n) is 5.93. The molecule has 3 aromatic carbocycles. The number of nitrogens with one attached hydrogen (secondary N) is 1. The third kappa shape index (κ3) is 7.03. The maximum Gasteiger partial charge on any atom is 0.264 e. The molecule has 0 unspecified atom stereocenters. The molecule has 0 radical (unpaired) electrons. The lowest BCUT2D eigenvalue weighted by Gasteiger charge is -2.29. The number of halogens is 1. The summed E-state index contributed by atoms with van der Waals surface area (Å²) in [7, 11) is -4.00. The molecule has 1 fully saturated rings. The van der Waals surface area contributed by atoms with Gasteiger partial charge in [-0.15, -0.1) is 0 Å². The Morgan fingerprint density at radius 3 is 2.27 bits per heavy atom. The lowest BCUT2D eigenvalue weighted by molar-refractivity contribution is -0.119. The third-order valence-corrected chi connectivity index (χ3v) is 8.24. The lowest BCUT2D eigenvalue weighted by atomic mass is 10.2. The first-order chi connectivity index (χ1) is 17.9. The summed E-state index contributed by atoms with van der Waals surface area (Å²) in [6.07, 6.45) is 0. The maximum absolute atomic E-state index is 13.5. The maximum atomic E-state index is 13.5. The van der Waals surface area contributed by atoms with Gasteiger partial charge in [-0.05, 0) is 73.2 Å². The molecule has 196 valence electrons. The van der Waals surface area contributed by atoms with E-state index >= 15 is 0 Å². The van der Waals surface area contributed by atoms with Gasteiger partial charge in [-0.2, -0.15) is 0 Å². The predicted octanol–water partition coefficient (Wildman–Crippen LogP) is 4.20. The molecule has 1 amide bonds. The molecule has 1 aliphatic rings. The van der Waals surface area contributed by atoms with E-state index in [2.05, 4.69) is 26.1 Å². The van der Waals surface area contributed by atoms with E-state index in [0.29, 0.717) is 31.3 Å². The minimum atomic E-state index is -4.00. The highest BCUT2D eigenvalue weighted by atomic mass is 79.9. The number of sulfonamides is 1. The van der Waals surface area contributed by atoms with Crippen LogP contribution in [0.4, 0.5) is 11.4 Å². The normalized spacial score (nSPS) is 13.7. The van der Waals surface area contributed by atoms with Crippen LogP contribution in [0.5, 0.6) is 5.75 Å². The van der Waals surface area contributed by atoms with Crippen LogP contribution in [-0.2, 0) is 26.1 Å². The number of amides is 1. The zero-order valence-corrected chi connectivity index (χ0v) is 23.0. The number of carbonyl (C=O) groups is 1. The van der Waals surface area contributed by atoms with Crippen LogP contribution in [0.3, 0.4) is 0 Å². The van der Waals surface area contributed by atoms with Crippen molar-refractivity contribution in [3.8, 4) is 5.75 Å². The SMILES string of the molecule is CCOc1ccc(N(CC(=O)NCc2ccc(N3CCOCC3)cc2)S(=O)(=O)c2ccc(Br)cc2)cc1. The number of nitrogens with zero attached hydrogens (tertiary/aromatic N) is 2. The van der Waals surface area contributed by atoms with Gasteiger partial charge in [0.2, 0.25) is 5.91 Å². The Bertz CT molecular complexity index is 1280. The van der Waals surface area contributed by atoms with E-state index in [9.17, 15) is 13.2 Å². The van der Waals surface area contributed by atoms with Crippen molar-refractivity contribution in [2.24, 2.45) is 0 Å². The molecule has 3 aromatic rings. The van der Waals surface area contributed by atoms with Crippen molar-refractivity contribution in [3.05, 3.63) is 82.8 Å². The van der Waals surface area contributed by atoms with Crippen LogP contribution in [0.2, 0.25) is 0 Å². The van der Waals surface area contributed by atoms with E-state index in [1.54, 1.807) is 36.4 Å². The Balaban J connectivity index is 1.47. The van der Waals surface area contributed by atoms with E-state index in [4.69, 9.17) is 9.47 Å². The zero-order chi connectivity index (χ0) is 26.3. The molecule has 8 nitrogen and oxygen atoms in total. The summed E-state index contributed by atoms with van der Waals surface area (Å²) in [4.78, 5) is 15.3. The summed E-state index contributed by atoms with van der Waals surface area (Å²) in [6, 6.07) is 21.0. The van der Waals surface area contributed by atoms with Crippen molar-refractivity contribution in [3.63, 3.8) is 0 Å². The fourth-order valence-corrected chi connectivity index (χ4v) is 5.64.